The van der Waals surface area contributed by atoms with Gasteiger partial charge < -0.3 is 10.1 Å². The molecule has 1 aliphatic rings. The Morgan fingerprint density at radius 3 is 2.68 bits per heavy atom. The molecular weight excluding hydrogens is 360 g/mol. The lowest BCUT2D eigenvalue weighted by Crippen LogP contribution is -2.32. The number of nitro groups is 1. The summed E-state index contributed by atoms with van der Waals surface area (Å²) in [6, 6.07) is 6.17. The van der Waals surface area contributed by atoms with Gasteiger partial charge in [-0.15, -0.1) is 0 Å². The van der Waals surface area contributed by atoms with Crippen LogP contribution >= 0.6 is 0 Å². The highest BCUT2D eigenvalue weighted by Crippen LogP contribution is 2.23. The Morgan fingerprint density at radius 2 is 2.11 bits per heavy atom. The molecule has 0 spiro atoms. The minimum atomic E-state index is -0.437. The molecule has 0 saturated carbocycles. The first-order chi connectivity index (χ1) is 13.4. The van der Waals surface area contributed by atoms with E-state index in [-0.39, 0.29) is 17.7 Å². The second kappa shape index (κ2) is 8.52. The van der Waals surface area contributed by atoms with Crippen molar-refractivity contribution in [2.45, 2.75) is 46.1 Å². The molecular formula is C20H26N4O4. The zero-order chi connectivity index (χ0) is 20.3. The Balaban J connectivity index is 1.89. The SMILES string of the molecule is Cc1c(C(=O)NC[C@H]2CCCO2)c(CC(C)C)nn1-c1ccc([N+](=O)[O-])cc1. The van der Waals surface area contributed by atoms with E-state index in [9.17, 15) is 14.9 Å². The van der Waals surface area contributed by atoms with Crippen LogP contribution in [0, 0.1) is 23.0 Å². The standard InChI is InChI=1S/C20H26N4O4/c1-13(2)11-18-19(20(25)21-12-17-5-4-10-28-17)14(3)23(22-18)15-6-8-16(9-7-15)24(26)27/h6-9,13,17H,4-5,10-12H2,1-3H3,(H,21,25)/t17-/m1/s1. The van der Waals surface area contributed by atoms with E-state index in [4.69, 9.17) is 4.74 Å². The predicted molar refractivity (Wildman–Crippen MR) is 105 cm³/mol. The first-order valence-electron chi connectivity index (χ1n) is 9.60. The number of ether oxygens (including phenoxy) is 1. The molecule has 1 atom stereocenters. The minimum absolute atomic E-state index is 0.0190. The average molecular weight is 386 g/mol. The summed E-state index contributed by atoms with van der Waals surface area (Å²) in [4.78, 5) is 23.4. The fourth-order valence-corrected chi connectivity index (χ4v) is 3.45. The molecule has 0 radical (unpaired) electrons. The maximum absolute atomic E-state index is 12.9. The van der Waals surface area contributed by atoms with Crippen LogP contribution in [0.15, 0.2) is 24.3 Å². The van der Waals surface area contributed by atoms with Gasteiger partial charge in [0, 0.05) is 25.3 Å². The molecule has 8 nitrogen and oxygen atoms in total. The topological polar surface area (TPSA) is 99.3 Å². The Bertz CT molecular complexity index is 852. The highest BCUT2D eigenvalue weighted by Gasteiger charge is 2.24. The first-order valence-corrected chi connectivity index (χ1v) is 9.60. The number of amides is 1. The van der Waals surface area contributed by atoms with Crippen LogP contribution in [0.3, 0.4) is 0 Å². The van der Waals surface area contributed by atoms with Crippen molar-refractivity contribution in [3.63, 3.8) is 0 Å². The summed E-state index contributed by atoms with van der Waals surface area (Å²) in [5.41, 5.74) is 2.73. The summed E-state index contributed by atoms with van der Waals surface area (Å²) in [5.74, 6) is 0.182. The molecule has 3 rings (SSSR count). The number of carbonyl (C=O) groups is 1. The Hall–Kier alpha value is -2.74. The van der Waals surface area contributed by atoms with Crippen LogP contribution in [0.2, 0.25) is 0 Å². The van der Waals surface area contributed by atoms with Crippen LogP contribution in [-0.4, -0.2) is 39.9 Å². The molecule has 8 heteroatoms. The third-order valence-electron chi connectivity index (χ3n) is 4.84. The number of hydrogen-bond acceptors (Lipinski definition) is 5. The normalized spacial score (nSPS) is 16.5. The molecule has 2 aromatic rings. The van der Waals surface area contributed by atoms with Crippen LogP contribution in [0.5, 0.6) is 0 Å². The third-order valence-corrected chi connectivity index (χ3v) is 4.84. The fourth-order valence-electron chi connectivity index (χ4n) is 3.45. The van der Waals surface area contributed by atoms with Gasteiger partial charge in [-0.25, -0.2) is 4.68 Å². The molecule has 2 heterocycles. The van der Waals surface area contributed by atoms with Crippen molar-refractivity contribution in [1.29, 1.82) is 0 Å². The van der Waals surface area contributed by atoms with Crippen LogP contribution in [0.25, 0.3) is 5.69 Å². The number of hydrogen-bond donors (Lipinski definition) is 1. The number of non-ortho nitro benzene ring substituents is 1. The van der Waals surface area contributed by atoms with E-state index in [1.807, 2.05) is 6.92 Å². The average Bonchev–Trinajstić information content (AvgIpc) is 3.27. The van der Waals surface area contributed by atoms with Gasteiger partial charge in [0.25, 0.3) is 11.6 Å². The number of nitro benzene ring substituents is 1. The molecule has 0 bridgehead atoms. The van der Waals surface area contributed by atoms with Gasteiger partial charge in [0.1, 0.15) is 0 Å². The van der Waals surface area contributed by atoms with Crippen LogP contribution in [0.4, 0.5) is 5.69 Å². The summed E-state index contributed by atoms with van der Waals surface area (Å²) in [6.45, 7) is 7.24. The number of aromatic nitrogens is 2. The van der Waals surface area contributed by atoms with Gasteiger partial charge in [0.15, 0.2) is 0 Å². The summed E-state index contributed by atoms with van der Waals surface area (Å²) < 4.78 is 7.26. The molecule has 1 aliphatic heterocycles. The molecule has 0 aliphatic carbocycles. The molecule has 150 valence electrons. The lowest BCUT2D eigenvalue weighted by atomic mass is 10.0. The number of nitrogens with zero attached hydrogens (tertiary/aromatic N) is 3. The largest absolute Gasteiger partial charge is 0.376 e. The number of rotatable bonds is 7. The second-order valence-corrected chi connectivity index (χ2v) is 7.54. The number of nitrogens with one attached hydrogen (secondary N) is 1. The zero-order valence-electron chi connectivity index (χ0n) is 16.5. The fraction of sp³-hybridized carbons (Fsp3) is 0.500. The highest BCUT2D eigenvalue weighted by molar-refractivity contribution is 5.96. The van der Waals surface area contributed by atoms with Crippen LogP contribution < -0.4 is 5.32 Å². The monoisotopic (exact) mass is 386 g/mol. The van der Waals surface area contributed by atoms with Gasteiger partial charge in [0.05, 0.1) is 33.7 Å². The maximum atomic E-state index is 12.9. The summed E-state index contributed by atoms with van der Waals surface area (Å²) >= 11 is 0. The molecule has 1 aromatic carbocycles. The lowest BCUT2D eigenvalue weighted by Gasteiger charge is -2.12. The quantitative estimate of drug-likeness (QED) is 0.582. The van der Waals surface area contributed by atoms with Crippen LogP contribution in [0.1, 0.15) is 48.4 Å². The van der Waals surface area contributed by atoms with E-state index >= 15 is 0 Å². The summed E-state index contributed by atoms with van der Waals surface area (Å²) in [6.07, 6.45) is 2.72. The van der Waals surface area contributed by atoms with E-state index < -0.39 is 4.92 Å². The van der Waals surface area contributed by atoms with Gasteiger partial charge in [-0.3, -0.25) is 14.9 Å². The summed E-state index contributed by atoms with van der Waals surface area (Å²) in [7, 11) is 0. The highest BCUT2D eigenvalue weighted by atomic mass is 16.6. The van der Waals surface area contributed by atoms with E-state index in [0.29, 0.717) is 35.8 Å². The van der Waals surface area contributed by atoms with E-state index in [0.717, 1.165) is 25.1 Å². The molecule has 1 aromatic heterocycles. The first kappa shape index (κ1) is 20.0. The van der Waals surface area contributed by atoms with Crippen LogP contribution in [-0.2, 0) is 11.2 Å². The van der Waals surface area contributed by atoms with E-state index in [1.54, 1.807) is 16.8 Å². The molecule has 28 heavy (non-hydrogen) atoms. The van der Waals surface area contributed by atoms with Gasteiger partial charge >= 0.3 is 0 Å². The van der Waals surface area contributed by atoms with Gasteiger partial charge in [-0.1, -0.05) is 13.8 Å². The van der Waals surface area contributed by atoms with Crippen molar-refractivity contribution in [3.05, 3.63) is 51.3 Å². The zero-order valence-corrected chi connectivity index (χ0v) is 16.5. The van der Waals surface area contributed by atoms with Crippen molar-refractivity contribution < 1.29 is 14.5 Å². The number of benzene rings is 1. The van der Waals surface area contributed by atoms with E-state index in [1.165, 1.54) is 12.1 Å². The van der Waals surface area contributed by atoms with Crippen molar-refractivity contribution in [2.75, 3.05) is 13.2 Å². The molecule has 0 unspecified atom stereocenters. The van der Waals surface area contributed by atoms with Gasteiger partial charge in [-0.05, 0) is 44.2 Å². The molecule has 1 N–H and O–H groups in total. The Kier molecular flexibility index (Phi) is 6.08. The minimum Gasteiger partial charge on any atom is -0.376 e. The molecule has 1 amide bonds. The smallest absolute Gasteiger partial charge is 0.269 e. The Labute approximate surface area is 164 Å². The predicted octanol–water partition coefficient (Wildman–Crippen LogP) is 3.20. The molecule has 1 saturated heterocycles. The molecule has 1 fully saturated rings. The second-order valence-electron chi connectivity index (χ2n) is 7.54. The van der Waals surface area contributed by atoms with Crippen molar-refractivity contribution in [1.82, 2.24) is 15.1 Å². The van der Waals surface area contributed by atoms with E-state index in [2.05, 4.69) is 24.3 Å². The van der Waals surface area contributed by atoms with Gasteiger partial charge in [-0.2, -0.15) is 5.10 Å². The van der Waals surface area contributed by atoms with Crippen molar-refractivity contribution in [2.24, 2.45) is 5.92 Å². The maximum Gasteiger partial charge on any atom is 0.269 e. The van der Waals surface area contributed by atoms with Crippen molar-refractivity contribution >= 4 is 11.6 Å². The van der Waals surface area contributed by atoms with Gasteiger partial charge in [0.2, 0.25) is 0 Å². The number of carbonyl (C=O) groups excluding carboxylic acids is 1. The summed E-state index contributed by atoms with van der Waals surface area (Å²) in [5, 5.41) is 18.5. The Morgan fingerprint density at radius 1 is 1.39 bits per heavy atom. The van der Waals surface area contributed by atoms with Crippen molar-refractivity contribution in [3.8, 4) is 5.69 Å². The third kappa shape index (κ3) is 4.39. The lowest BCUT2D eigenvalue weighted by molar-refractivity contribution is -0.384.